The SMILES string of the molecule is CC1[C@H](OCCCCCN(Cc2ccccc2)C(=O)OCc2ccccc2)OC(COCc2ccccc2)[C@H](C)[C@@H]1O. The molecule has 1 aliphatic heterocycles. The summed E-state index contributed by atoms with van der Waals surface area (Å²) < 4.78 is 23.9. The van der Waals surface area contributed by atoms with Crippen molar-refractivity contribution in [2.24, 2.45) is 11.8 Å². The van der Waals surface area contributed by atoms with Gasteiger partial charge in [-0.3, -0.25) is 0 Å². The van der Waals surface area contributed by atoms with Crippen molar-refractivity contribution < 1.29 is 28.8 Å². The molecule has 0 saturated carbocycles. The van der Waals surface area contributed by atoms with E-state index in [-0.39, 0.29) is 30.6 Å². The van der Waals surface area contributed by atoms with Gasteiger partial charge in [-0.25, -0.2) is 4.79 Å². The van der Waals surface area contributed by atoms with E-state index >= 15 is 0 Å². The predicted molar refractivity (Wildman–Crippen MR) is 162 cm³/mol. The Hall–Kier alpha value is -3.23. The summed E-state index contributed by atoms with van der Waals surface area (Å²) in [6.07, 6.45) is 0.983. The summed E-state index contributed by atoms with van der Waals surface area (Å²) in [5.41, 5.74) is 3.14. The summed E-state index contributed by atoms with van der Waals surface area (Å²) in [6, 6.07) is 29.7. The third-order valence-corrected chi connectivity index (χ3v) is 7.83. The molecule has 0 bridgehead atoms. The molecule has 1 saturated heterocycles. The number of carbonyl (C=O) groups excluding carboxylic acids is 1. The number of unbranched alkanes of at least 4 members (excludes halogenated alkanes) is 2. The van der Waals surface area contributed by atoms with E-state index in [1.807, 2.05) is 105 Å². The highest BCUT2D eigenvalue weighted by atomic mass is 16.7. The summed E-state index contributed by atoms with van der Waals surface area (Å²) in [5, 5.41) is 10.8. The fourth-order valence-corrected chi connectivity index (χ4v) is 5.16. The molecule has 4 rings (SSSR count). The van der Waals surface area contributed by atoms with Crippen molar-refractivity contribution in [1.82, 2.24) is 4.90 Å². The van der Waals surface area contributed by atoms with Crippen LogP contribution in [0.4, 0.5) is 4.79 Å². The van der Waals surface area contributed by atoms with Crippen LogP contribution in [0.25, 0.3) is 0 Å². The topological polar surface area (TPSA) is 77.5 Å². The number of benzene rings is 3. The third kappa shape index (κ3) is 9.95. The van der Waals surface area contributed by atoms with E-state index in [4.69, 9.17) is 18.9 Å². The van der Waals surface area contributed by atoms with Gasteiger partial charge in [0, 0.05) is 31.5 Å². The lowest BCUT2D eigenvalue weighted by Crippen LogP contribution is -2.51. The Morgan fingerprint density at radius 1 is 0.786 bits per heavy atom. The van der Waals surface area contributed by atoms with Crippen molar-refractivity contribution in [3.8, 4) is 0 Å². The van der Waals surface area contributed by atoms with E-state index < -0.39 is 12.4 Å². The van der Waals surface area contributed by atoms with Crippen LogP contribution in [0, 0.1) is 11.8 Å². The van der Waals surface area contributed by atoms with Crippen LogP contribution in [0.15, 0.2) is 91.0 Å². The molecule has 1 heterocycles. The second kappa shape index (κ2) is 17.0. The van der Waals surface area contributed by atoms with Gasteiger partial charge in [0.2, 0.25) is 0 Å². The first-order valence-electron chi connectivity index (χ1n) is 15.1. The van der Waals surface area contributed by atoms with Crippen molar-refractivity contribution >= 4 is 6.09 Å². The zero-order valence-electron chi connectivity index (χ0n) is 24.8. The number of hydrogen-bond acceptors (Lipinski definition) is 6. The Labute approximate surface area is 250 Å². The van der Waals surface area contributed by atoms with Crippen LogP contribution >= 0.6 is 0 Å². The Kier molecular flexibility index (Phi) is 12.8. The lowest BCUT2D eigenvalue weighted by molar-refractivity contribution is -0.270. The van der Waals surface area contributed by atoms with Crippen molar-refractivity contribution in [3.05, 3.63) is 108 Å². The number of hydrogen-bond donors (Lipinski definition) is 1. The number of nitrogens with zero attached hydrogens (tertiary/aromatic N) is 1. The molecular formula is C35H45NO6. The predicted octanol–water partition coefficient (Wildman–Crippen LogP) is 6.59. The maximum Gasteiger partial charge on any atom is 0.410 e. The number of ether oxygens (including phenoxy) is 4. The molecule has 226 valence electrons. The van der Waals surface area contributed by atoms with Gasteiger partial charge in [0.25, 0.3) is 0 Å². The molecule has 7 heteroatoms. The average Bonchev–Trinajstić information content (AvgIpc) is 3.03. The molecule has 2 unspecified atom stereocenters. The molecule has 3 aromatic carbocycles. The molecule has 0 aromatic heterocycles. The van der Waals surface area contributed by atoms with Gasteiger partial charge in [-0.1, -0.05) is 105 Å². The third-order valence-electron chi connectivity index (χ3n) is 7.83. The number of amides is 1. The molecule has 0 aliphatic carbocycles. The van der Waals surface area contributed by atoms with E-state index in [2.05, 4.69) is 0 Å². The van der Waals surface area contributed by atoms with Gasteiger partial charge in [0.15, 0.2) is 6.29 Å². The van der Waals surface area contributed by atoms with Gasteiger partial charge in [-0.15, -0.1) is 0 Å². The van der Waals surface area contributed by atoms with Crippen LogP contribution in [0.2, 0.25) is 0 Å². The molecule has 0 radical (unpaired) electrons. The quantitative estimate of drug-likeness (QED) is 0.206. The lowest BCUT2D eigenvalue weighted by atomic mass is 9.86. The second-order valence-electron chi connectivity index (χ2n) is 11.1. The van der Waals surface area contributed by atoms with Gasteiger partial charge in [-0.05, 0) is 36.0 Å². The largest absolute Gasteiger partial charge is 0.445 e. The number of aliphatic hydroxyl groups excluding tert-OH is 1. The molecule has 1 fully saturated rings. The van der Waals surface area contributed by atoms with Crippen molar-refractivity contribution in [2.75, 3.05) is 19.8 Å². The minimum Gasteiger partial charge on any atom is -0.445 e. The minimum atomic E-state index is -0.525. The lowest BCUT2D eigenvalue weighted by Gasteiger charge is -2.42. The van der Waals surface area contributed by atoms with Crippen molar-refractivity contribution in [1.29, 1.82) is 0 Å². The van der Waals surface area contributed by atoms with Crippen LogP contribution in [0.3, 0.4) is 0 Å². The average molecular weight is 576 g/mol. The first-order valence-corrected chi connectivity index (χ1v) is 15.1. The van der Waals surface area contributed by atoms with Gasteiger partial charge in [-0.2, -0.15) is 0 Å². The van der Waals surface area contributed by atoms with Crippen molar-refractivity contribution in [3.63, 3.8) is 0 Å². The zero-order chi connectivity index (χ0) is 29.6. The fraction of sp³-hybridized carbons (Fsp3) is 0.457. The summed E-state index contributed by atoms with van der Waals surface area (Å²) in [5.74, 6) is -0.181. The molecule has 7 nitrogen and oxygen atoms in total. The van der Waals surface area contributed by atoms with Crippen LogP contribution in [0.1, 0.15) is 49.8 Å². The Morgan fingerprint density at radius 3 is 2.02 bits per heavy atom. The maximum atomic E-state index is 13.0. The zero-order valence-corrected chi connectivity index (χ0v) is 24.8. The van der Waals surface area contributed by atoms with E-state index in [9.17, 15) is 9.90 Å². The molecule has 1 aliphatic rings. The Balaban J connectivity index is 1.19. The highest BCUT2D eigenvalue weighted by Gasteiger charge is 2.41. The van der Waals surface area contributed by atoms with E-state index in [1.54, 1.807) is 4.90 Å². The van der Waals surface area contributed by atoms with Gasteiger partial charge >= 0.3 is 6.09 Å². The maximum absolute atomic E-state index is 13.0. The highest BCUT2D eigenvalue weighted by Crippen LogP contribution is 2.31. The molecule has 1 amide bonds. The molecule has 0 spiro atoms. The van der Waals surface area contributed by atoms with E-state index in [0.717, 1.165) is 36.0 Å². The van der Waals surface area contributed by atoms with Crippen LogP contribution < -0.4 is 0 Å². The Morgan fingerprint density at radius 2 is 1.38 bits per heavy atom. The normalized spacial score (nSPS) is 22.0. The van der Waals surface area contributed by atoms with Crippen LogP contribution in [-0.2, 0) is 38.7 Å². The summed E-state index contributed by atoms with van der Waals surface area (Å²) in [6.45, 7) is 6.74. The second-order valence-corrected chi connectivity index (χ2v) is 11.1. The molecule has 5 atom stereocenters. The monoisotopic (exact) mass is 575 g/mol. The highest BCUT2D eigenvalue weighted by molar-refractivity contribution is 5.67. The first-order chi connectivity index (χ1) is 20.5. The number of aliphatic hydroxyl groups is 1. The molecular weight excluding hydrogens is 530 g/mol. The molecule has 1 N–H and O–H groups in total. The number of rotatable bonds is 15. The summed E-state index contributed by atoms with van der Waals surface area (Å²) in [4.78, 5) is 14.7. The minimum absolute atomic E-state index is 0.0483. The fourth-order valence-electron chi connectivity index (χ4n) is 5.16. The molecule has 3 aromatic rings. The Bertz CT molecular complexity index is 1160. The van der Waals surface area contributed by atoms with Crippen molar-refractivity contribution in [2.45, 2.75) is 71.4 Å². The first kappa shape index (κ1) is 31.7. The van der Waals surface area contributed by atoms with Gasteiger partial charge in [0.05, 0.1) is 25.4 Å². The molecule has 42 heavy (non-hydrogen) atoms. The van der Waals surface area contributed by atoms with Crippen LogP contribution in [-0.4, -0.2) is 54.4 Å². The van der Waals surface area contributed by atoms with Crippen LogP contribution in [0.5, 0.6) is 0 Å². The number of carbonyl (C=O) groups is 1. The summed E-state index contributed by atoms with van der Waals surface area (Å²) in [7, 11) is 0. The van der Waals surface area contributed by atoms with Gasteiger partial charge in [0.1, 0.15) is 6.61 Å². The van der Waals surface area contributed by atoms with E-state index in [1.165, 1.54) is 0 Å². The standard InChI is InChI=1S/C35H45NO6/c1-27-32(26-39-24-30-17-9-4-10-18-30)42-34(28(2)33(27)37)40-22-14-6-13-21-36(23-29-15-7-3-8-16-29)35(38)41-25-31-19-11-5-12-20-31/h3-5,7-12,15-20,27-28,32-34,37H,6,13-14,21-26H2,1-2H3/t27-,28?,32?,33-,34+/m0/s1. The smallest absolute Gasteiger partial charge is 0.410 e. The van der Waals surface area contributed by atoms with E-state index in [0.29, 0.717) is 32.9 Å². The summed E-state index contributed by atoms with van der Waals surface area (Å²) >= 11 is 0. The van der Waals surface area contributed by atoms with Gasteiger partial charge < -0.3 is 29.0 Å².